The fourth-order valence-electron chi connectivity index (χ4n) is 1.68. The van der Waals surface area contributed by atoms with Crippen LogP contribution in [0.2, 0.25) is 5.02 Å². The normalized spacial score (nSPS) is 10.6. The molecule has 0 saturated heterocycles. The predicted molar refractivity (Wildman–Crippen MR) is 72.1 cm³/mol. The Hall–Kier alpha value is -1.82. The Morgan fingerprint density at radius 1 is 1.53 bits per heavy atom. The van der Waals surface area contributed by atoms with E-state index in [1.165, 1.54) is 0 Å². The molecule has 7 heteroatoms. The van der Waals surface area contributed by atoms with Gasteiger partial charge < -0.3 is 9.88 Å². The van der Waals surface area contributed by atoms with Crippen molar-refractivity contribution in [2.24, 2.45) is 0 Å². The van der Waals surface area contributed by atoms with E-state index in [4.69, 9.17) is 11.6 Å². The molecule has 1 N–H and O–H groups in total. The zero-order valence-corrected chi connectivity index (χ0v) is 11.5. The molecule has 0 radical (unpaired) electrons. The zero-order valence-electron chi connectivity index (χ0n) is 10.7. The third-order valence-corrected chi connectivity index (χ3v) is 2.97. The SMILES string of the molecule is CCn1cc(Cl)c(C(=O)NCCCn2ccnc2)n1. The van der Waals surface area contributed by atoms with Crippen molar-refractivity contribution in [3.8, 4) is 0 Å². The van der Waals surface area contributed by atoms with Gasteiger partial charge >= 0.3 is 0 Å². The molecule has 0 aliphatic rings. The zero-order chi connectivity index (χ0) is 13.7. The monoisotopic (exact) mass is 281 g/mol. The van der Waals surface area contributed by atoms with Gasteiger partial charge in [0.25, 0.3) is 5.91 Å². The summed E-state index contributed by atoms with van der Waals surface area (Å²) in [6.07, 6.45) is 7.86. The van der Waals surface area contributed by atoms with Crippen molar-refractivity contribution in [2.75, 3.05) is 6.54 Å². The Morgan fingerprint density at radius 2 is 2.37 bits per heavy atom. The number of hydrogen-bond acceptors (Lipinski definition) is 3. The van der Waals surface area contributed by atoms with Crippen molar-refractivity contribution in [3.63, 3.8) is 0 Å². The molecular formula is C12H16ClN5O. The lowest BCUT2D eigenvalue weighted by Crippen LogP contribution is -2.26. The number of nitrogens with zero attached hydrogens (tertiary/aromatic N) is 4. The Labute approximate surface area is 116 Å². The maximum Gasteiger partial charge on any atom is 0.273 e. The van der Waals surface area contributed by atoms with Crippen LogP contribution in [0.4, 0.5) is 0 Å². The van der Waals surface area contributed by atoms with Gasteiger partial charge in [-0.15, -0.1) is 0 Å². The number of carbonyl (C=O) groups excluding carboxylic acids is 1. The number of aromatic nitrogens is 4. The summed E-state index contributed by atoms with van der Waals surface area (Å²) in [6, 6.07) is 0. The molecule has 102 valence electrons. The first kappa shape index (κ1) is 13.6. The van der Waals surface area contributed by atoms with Gasteiger partial charge in [0.05, 0.1) is 11.3 Å². The Morgan fingerprint density at radius 3 is 3.00 bits per heavy atom. The molecule has 0 spiro atoms. The Kier molecular flexibility index (Phi) is 4.57. The summed E-state index contributed by atoms with van der Waals surface area (Å²) in [5, 5.41) is 7.30. The summed E-state index contributed by atoms with van der Waals surface area (Å²) in [4.78, 5) is 15.8. The minimum atomic E-state index is -0.233. The van der Waals surface area contributed by atoms with Crippen molar-refractivity contribution in [1.29, 1.82) is 0 Å². The van der Waals surface area contributed by atoms with Crippen LogP contribution in [0.5, 0.6) is 0 Å². The molecule has 1 amide bonds. The summed E-state index contributed by atoms with van der Waals surface area (Å²) in [7, 11) is 0. The highest BCUT2D eigenvalue weighted by atomic mass is 35.5. The molecule has 2 aromatic heterocycles. The Bertz CT molecular complexity index is 534. The molecule has 19 heavy (non-hydrogen) atoms. The first-order valence-electron chi connectivity index (χ1n) is 6.17. The summed E-state index contributed by atoms with van der Waals surface area (Å²) in [5.41, 5.74) is 0.283. The first-order valence-corrected chi connectivity index (χ1v) is 6.55. The van der Waals surface area contributed by atoms with Gasteiger partial charge in [-0.25, -0.2) is 4.98 Å². The number of imidazole rings is 1. The van der Waals surface area contributed by atoms with Crippen LogP contribution >= 0.6 is 11.6 Å². The molecule has 0 atom stereocenters. The third kappa shape index (κ3) is 3.57. The molecular weight excluding hydrogens is 266 g/mol. The van der Waals surface area contributed by atoms with E-state index < -0.39 is 0 Å². The number of hydrogen-bond donors (Lipinski definition) is 1. The largest absolute Gasteiger partial charge is 0.351 e. The number of aryl methyl sites for hydroxylation is 2. The van der Waals surface area contributed by atoms with Crippen molar-refractivity contribution in [3.05, 3.63) is 35.6 Å². The van der Waals surface area contributed by atoms with Gasteiger partial charge in [0.15, 0.2) is 5.69 Å². The van der Waals surface area contributed by atoms with Gasteiger partial charge in [0.1, 0.15) is 0 Å². The summed E-state index contributed by atoms with van der Waals surface area (Å²) in [5.74, 6) is -0.233. The van der Waals surface area contributed by atoms with E-state index >= 15 is 0 Å². The second-order valence-corrected chi connectivity index (χ2v) is 4.50. The highest BCUT2D eigenvalue weighted by molar-refractivity contribution is 6.33. The average Bonchev–Trinajstić information content (AvgIpc) is 3.03. The van der Waals surface area contributed by atoms with Crippen LogP contribution in [0.3, 0.4) is 0 Å². The molecule has 0 aliphatic heterocycles. The van der Waals surface area contributed by atoms with E-state index in [1.807, 2.05) is 17.7 Å². The number of halogens is 1. The summed E-state index contributed by atoms with van der Waals surface area (Å²) < 4.78 is 3.60. The Balaban J connectivity index is 1.79. The quantitative estimate of drug-likeness (QED) is 0.818. The molecule has 0 bridgehead atoms. The molecule has 2 heterocycles. The van der Waals surface area contributed by atoms with Gasteiger partial charge in [0.2, 0.25) is 0 Å². The molecule has 2 aromatic rings. The lowest BCUT2D eigenvalue weighted by Gasteiger charge is -2.04. The second kappa shape index (κ2) is 6.38. The van der Waals surface area contributed by atoms with Crippen molar-refractivity contribution in [2.45, 2.75) is 26.4 Å². The van der Waals surface area contributed by atoms with E-state index in [9.17, 15) is 4.79 Å². The van der Waals surface area contributed by atoms with Gasteiger partial charge in [-0.1, -0.05) is 11.6 Å². The number of rotatable bonds is 6. The minimum absolute atomic E-state index is 0.233. The average molecular weight is 282 g/mol. The van der Waals surface area contributed by atoms with Crippen molar-refractivity contribution in [1.82, 2.24) is 24.6 Å². The fourth-order valence-corrected chi connectivity index (χ4v) is 1.92. The van der Waals surface area contributed by atoms with Crippen molar-refractivity contribution >= 4 is 17.5 Å². The van der Waals surface area contributed by atoms with Crippen LogP contribution in [0, 0.1) is 0 Å². The topological polar surface area (TPSA) is 64.7 Å². The maximum atomic E-state index is 11.9. The van der Waals surface area contributed by atoms with Crippen LogP contribution in [0.25, 0.3) is 0 Å². The van der Waals surface area contributed by atoms with Gasteiger partial charge in [-0.3, -0.25) is 9.48 Å². The number of nitrogens with one attached hydrogen (secondary N) is 1. The van der Waals surface area contributed by atoms with E-state index in [1.54, 1.807) is 23.4 Å². The lowest BCUT2D eigenvalue weighted by molar-refractivity contribution is 0.0947. The van der Waals surface area contributed by atoms with Gasteiger partial charge in [-0.05, 0) is 13.3 Å². The van der Waals surface area contributed by atoms with Gasteiger partial charge in [0, 0.05) is 38.2 Å². The van der Waals surface area contributed by atoms with E-state index in [0.29, 0.717) is 18.1 Å². The number of carbonyl (C=O) groups is 1. The van der Waals surface area contributed by atoms with E-state index in [2.05, 4.69) is 15.4 Å². The lowest BCUT2D eigenvalue weighted by atomic mass is 10.3. The summed E-state index contributed by atoms with van der Waals surface area (Å²) in [6.45, 7) is 4.02. The molecule has 6 nitrogen and oxygen atoms in total. The molecule has 0 saturated carbocycles. The number of amides is 1. The van der Waals surface area contributed by atoms with E-state index in [0.717, 1.165) is 13.0 Å². The molecule has 0 unspecified atom stereocenters. The van der Waals surface area contributed by atoms with Crippen molar-refractivity contribution < 1.29 is 4.79 Å². The minimum Gasteiger partial charge on any atom is -0.351 e. The van der Waals surface area contributed by atoms with Gasteiger partial charge in [-0.2, -0.15) is 5.10 Å². The fraction of sp³-hybridized carbons (Fsp3) is 0.417. The van der Waals surface area contributed by atoms with Crippen LogP contribution < -0.4 is 5.32 Å². The van der Waals surface area contributed by atoms with Crippen LogP contribution in [0.1, 0.15) is 23.8 Å². The summed E-state index contributed by atoms with van der Waals surface area (Å²) >= 11 is 5.96. The second-order valence-electron chi connectivity index (χ2n) is 4.09. The predicted octanol–water partition coefficient (Wildman–Crippen LogP) is 1.57. The standard InChI is InChI=1S/C12H16ClN5O/c1-2-18-8-10(13)11(16-18)12(19)15-4-3-6-17-7-5-14-9-17/h5,7-9H,2-4,6H2,1H3,(H,15,19). The smallest absolute Gasteiger partial charge is 0.273 e. The van der Waals surface area contributed by atoms with Crippen LogP contribution in [-0.4, -0.2) is 31.8 Å². The first-order chi connectivity index (χ1) is 9.20. The van der Waals surface area contributed by atoms with Crippen LogP contribution in [-0.2, 0) is 13.1 Å². The highest BCUT2D eigenvalue weighted by Gasteiger charge is 2.14. The highest BCUT2D eigenvalue weighted by Crippen LogP contribution is 2.13. The third-order valence-electron chi connectivity index (χ3n) is 2.69. The molecule has 2 rings (SSSR count). The molecule has 0 fully saturated rings. The maximum absolute atomic E-state index is 11.9. The van der Waals surface area contributed by atoms with E-state index in [-0.39, 0.29) is 11.6 Å². The molecule has 0 aromatic carbocycles. The molecule has 0 aliphatic carbocycles. The van der Waals surface area contributed by atoms with Crippen LogP contribution in [0.15, 0.2) is 24.9 Å².